The van der Waals surface area contributed by atoms with Crippen LogP contribution >= 0.6 is 0 Å². The number of carbonyl (C=O) groups is 2. The van der Waals surface area contributed by atoms with E-state index in [1.54, 1.807) is 17.0 Å². The maximum atomic E-state index is 13.0. The van der Waals surface area contributed by atoms with Crippen LogP contribution in [0.3, 0.4) is 0 Å². The number of amides is 3. The quantitative estimate of drug-likeness (QED) is 0.740. The fraction of sp³-hybridized carbons (Fsp3) is 0.417. The van der Waals surface area contributed by atoms with Crippen molar-refractivity contribution in [3.63, 3.8) is 0 Å². The molecular weight excluding hydrogens is 378 g/mol. The Morgan fingerprint density at radius 2 is 1.90 bits per heavy atom. The summed E-state index contributed by atoms with van der Waals surface area (Å²) < 4.78 is 5.97. The molecule has 0 unspecified atom stereocenters. The molecule has 6 heteroatoms. The minimum Gasteiger partial charge on any atom is -0.490 e. The summed E-state index contributed by atoms with van der Waals surface area (Å²) in [6.07, 6.45) is 0.767. The first-order chi connectivity index (χ1) is 14.3. The maximum Gasteiger partial charge on any atom is 0.319 e. The molecule has 0 aromatic heterocycles. The van der Waals surface area contributed by atoms with Crippen LogP contribution in [0.4, 0.5) is 16.2 Å². The smallest absolute Gasteiger partial charge is 0.319 e. The van der Waals surface area contributed by atoms with E-state index >= 15 is 0 Å². The van der Waals surface area contributed by atoms with Crippen LogP contribution in [0, 0.1) is 11.3 Å². The van der Waals surface area contributed by atoms with Gasteiger partial charge in [0.2, 0.25) is 5.91 Å². The second-order valence-electron chi connectivity index (χ2n) is 8.78. The second-order valence-corrected chi connectivity index (χ2v) is 8.78. The number of carbonyl (C=O) groups excluding carboxylic acids is 2. The van der Waals surface area contributed by atoms with Gasteiger partial charge in [-0.25, -0.2) is 4.79 Å². The first-order valence-corrected chi connectivity index (χ1v) is 10.4. The van der Waals surface area contributed by atoms with Gasteiger partial charge in [0.05, 0.1) is 11.1 Å². The monoisotopic (exact) mass is 409 g/mol. The summed E-state index contributed by atoms with van der Waals surface area (Å²) in [5.74, 6) is 0.981. The predicted molar refractivity (Wildman–Crippen MR) is 120 cm³/mol. The van der Waals surface area contributed by atoms with Crippen LogP contribution in [-0.2, 0) is 11.2 Å². The molecule has 0 fully saturated rings. The Labute approximate surface area is 178 Å². The van der Waals surface area contributed by atoms with E-state index in [2.05, 4.69) is 24.5 Å². The molecule has 2 N–H and O–H groups in total. The number of anilines is 2. The molecule has 0 aliphatic carbocycles. The van der Waals surface area contributed by atoms with E-state index in [0.717, 1.165) is 12.1 Å². The molecule has 30 heavy (non-hydrogen) atoms. The third kappa shape index (κ3) is 5.32. The van der Waals surface area contributed by atoms with Gasteiger partial charge in [-0.2, -0.15) is 0 Å². The molecule has 0 atom stereocenters. The summed E-state index contributed by atoms with van der Waals surface area (Å²) in [5, 5.41) is 5.72. The molecule has 2 aromatic carbocycles. The Kier molecular flexibility index (Phi) is 6.65. The van der Waals surface area contributed by atoms with Crippen LogP contribution in [0.15, 0.2) is 48.5 Å². The standard InChI is InChI=1S/C24H31N3O3/c1-17(2)15-27-20-11-10-19(14-21(20)30-16-24(3,4)22(27)28)26-23(29)25-13-12-18-8-6-5-7-9-18/h5-11,14,17H,12-13,15-16H2,1-4H3,(H2,25,26,29). The Balaban J connectivity index is 1.68. The third-order valence-electron chi connectivity index (χ3n) is 5.01. The van der Waals surface area contributed by atoms with Crippen LogP contribution in [0.1, 0.15) is 33.3 Å². The highest BCUT2D eigenvalue weighted by atomic mass is 16.5. The molecule has 1 aliphatic rings. The van der Waals surface area contributed by atoms with Gasteiger partial charge in [-0.05, 0) is 43.9 Å². The second kappa shape index (κ2) is 9.20. The number of nitrogens with zero attached hydrogens (tertiary/aromatic N) is 1. The zero-order valence-corrected chi connectivity index (χ0v) is 18.2. The number of rotatable bonds is 6. The number of hydrogen-bond donors (Lipinski definition) is 2. The fourth-order valence-corrected chi connectivity index (χ4v) is 3.41. The van der Waals surface area contributed by atoms with Crippen molar-refractivity contribution in [3.8, 4) is 5.75 Å². The van der Waals surface area contributed by atoms with Gasteiger partial charge in [-0.3, -0.25) is 4.79 Å². The van der Waals surface area contributed by atoms with Crippen molar-refractivity contribution in [1.29, 1.82) is 0 Å². The largest absolute Gasteiger partial charge is 0.490 e. The molecule has 3 amide bonds. The van der Waals surface area contributed by atoms with Crippen LogP contribution in [0.5, 0.6) is 5.75 Å². The van der Waals surface area contributed by atoms with E-state index in [1.807, 2.05) is 50.2 Å². The summed E-state index contributed by atoms with van der Waals surface area (Å²) in [5.41, 5.74) is 1.93. The van der Waals surface area contributed by atoms with E-state index in [1.165, 1.54) is 5.56 Å². The summed E-state index contributed by atoms with van der Waals surface area (Å²) >= 11 is 0. The molecule has 1 aliphatic heterocycles. The van der Waals surface area contributed by atoms with Crippen molar-refractivity contribution in [1.82, 2.24) is 5.32 Å². The lowest BCUT2D eigenvalue weighted by molar-refractivity contribution is -0.127. The lowest BCUT2D eigenvalue weighted by Crippen LogP contribution is -2.43. The first-order valence-electron chi connectivity index (χ1n) is 10.4. The molecule has 0 saturated heterocycles. The zero-order chi connectivity index (χ0) is 21.7. The highest BCUT2D eigenvalue weighted by Gasteiger charge is 2.38. The van der Waals surface area contributed by atoms with E-state index in [-0.39, 0.29) is 11.9 Å². The van der Waals surface area contributed by atoms with Crippen LogP contribution in [0.25, 0.3) is 0 Å². The number of urea groups is 1. The van der Waals surface area contributed by atoms with E-state index in [4.69, 9.17) is 4.74 Å². The van der Waals surface area contributed by atoms with Crippen molar-refractivity contribution in [2.24, 2.45) is 11.3 Å². The summed E-state index contributed by atoms with van der Waals surface area (Å²) in [4.78, 5) is 27.1. The highest BCUT2D eigenvalue weighted by Crippen LogP contribution is 2.38. The Morgan fingerprint density at radius 3 is 2.60 bits per heavy atom. The minimum atomic E-state index is -0.615. The molecule has 0 saturated carbocycles. The van der Waals surface area contributed by atoms with Gasteiger partial charge in [0.1, 0.15) is 12.4 Å². The van der Waals surface area contributed by atoms with Crippen molar-refractivity contribution < 1.29 is 14.3 Å². The molecule has 0 spiro atoms. The highest BCUT2D eigenvalue weighted by molar-refractivity contribution is 6.00. The van der Waals surface area contributed by atoms with Crippen LogP contribution in [0.2, 0.25) is 0 Å². The average Bonchev–Trinajstić information content (AvgIpc) is 2.79. The Morgan fingerprint density at radius 1 is 1.17 bits per heavy atom. The van der Waals surface area contributed by atoms with E-state index in [9.17, 15) is 9.59 Å². The van der Waals surface area contributed by atoms with E-state index in [0.29, 0.717) is 37.1 Å². The molecule has 0 radical (unpaired) electrons. The molecular formula is C24H31N3O3. The molecule has 0 bridgehead atoms. The van der Waals surface area contributed by atoms with E-state index < -0.39 is 5.41 Å². The molecule has 1 heterocycles. The van der Waals surface area contributed by atoms with Gasteiger partial charge < -0.3 is 20.3 Å². The van der Waals surface area contributed by atoms with Crippen LogP contribution in [-0.4, -0.2) is 31.6 Å². The lowest BCUT2D eigenvalue weighted by Gasteiger charge is -2.29. The molecule has 6 nitrogen and oxygen atoms in total. The zero-order valence-electron chi connectivity index (χ0n) is 18.2. The van der Waals surface area contributed by atoms with Crippen molar-refractivity contribution in [2.75, 3.05) is 29.9 Å². The number of benzene rings is 2. The topological polar surface area (TPSA) is 70.7 Å². The number of hydrogen-bond acceptors (Lipinski definition) is 3. The average molecular weight is 410 g/mol. The summed E-state index contributed by atoms with van der Waals surface area (Å²) in [6.45, 7) is 9.41. The van der Waals surface area contributed by atoms with Crippen molar-refractivity contribution >= 4 is 23.3 Å². The Bertz CT molecular complexity index is 894. The Hall–Kier alpha value is -3.02. The molecule has 2 aromatic rings. The van der Waals surface area contributed by atoms with Crippen LogP contribution < -0.4 is 20.3 Å². The number of fused-ring (bicyclic) bond motifs is 1. The van der Waals surface area contributed by atoms with Crippen molar-refractivity contribution in [2.45, 2.75) is 34.1 Å². The normalized spacial score (nSPS) is 15.2. The molecule has 3 rings (SSSR count). The minimum absolute atomic E-state index is 0.0503. The van der Waals surface area contributed by atoms with Gasteiger partial charge in [0, 0.05) is 24.8 Å². The van der Waals surface area contributed by atoms with Gasteiger partial charge >= 0.3 is 6.03 Å². The predicted octanol–water partition coefficient (Wildman–Crippen LogP) is 4.46. The van der Waals surface area contributed by atoms with Crippen molar-refractivity contribution in [3.05, 3.63) is 54.1 Å². The summed E-state index contributed by atoms with van der Waals surface area (Å²) in [6, 6.07) is 15.2. The first kappa shape index (κ1) is 21.7. The number of nitrogens with one attached hydrogen (secondary N) is 2. The summed E-state index contributed by atoms with van der Waals surface area (Å²) in [7, 11) is 0. The third-order valence-corrected chi connectivity index (χ3v) is 5.01. The fourth-order valence-electron chi connectivity index (χ4n) is 3.41. The van der Waals surface area contributed by atoms with Gasteiger partial charge in [0.15, 0.2) is 0 Å². The van der Waals surface area contributed by atoms with Gasteiger partial charge in [-0.15, -0.1) is 0 Å². The van der Waals surface area contributed by atoms with Gasteiger partial charge in [0.25, 0.3) is 0 Å². The molecule has 160 valence electrons. The lowest BCUT2D eigenvalue weighted by atomic mass is 9.92. The SMILES string of the molecule is CC(C)CN1C(=O)C(C)(C)COc2cc(NC(=O)NCCc3ccccc3)ccc21. The maximum absolute atomic E-state index is 13.0. The number of ether oxygens (including phenoxy) is 1. The van der Waals surface area contributed by atoms with Gasteiger partial charge in [-0.1, -0.05) is 44.2 Å².